The molecule has 2 unspecified atom stereocenters. The van der Waals surface area contributed by atoms with Gasteiger partial charge in [-0.25, -0.2) is 4.98 Å². The summed E-state index contributed by atoms with van der Waals surface area (Å²) < 4.78 is 10.5. The lowest BCUT2D eigenvalue weighted by Gasteiger charge is -2.27. The average molecular weight is 611 g/mol. The number of aromatic nitrogens is 4. The van der Waals surface area contributed by atoms with E-state index in [1.165, 1.54) is 34.9 Å². The first-order chi connectivity index (χ1) is 22.4. The van der Waals surface area contributed by atoms with Gasteiger partial charge in [-0.05, 0) is 92.0 Å². The molecule has 2 bridgehead atoms. The van der Waals surface area contributed by atoms with Crippen LogP contribution in [0.25, 0.3) is 55.5 Å². The van der Waals surface area contributed by atoms with Crippen LogP contribution in [0.15, 0.2) is 66.7 Å². The Morgan fingerprint density at radius 3 is 2.61 bits per heavy atom. The number of benzene rings is 3. The number of methoxy groups -OCH3 is 1. The van der Waals surface area contributed by atoms with Crippen LogP contribution in [0.2, 0.25) is 0 Å². The van der Waals surface area contributed by atoms with Gasteiger partial charge in [-0.1, -0.05) is 30.3 Å². The second-order valence-electron chi connectivity index (χ2n) is 13.7. The van der Waals surface area contributed by atoms with Gasteiger partial charge < -0.3 is 24.5 Å². The summed E-state index contributed by atoms with van der Waals surface area (Å²) in [5.41, 5.74) is 15.4. The van der Waals surface area contributed by atoms with Crippen LogP contribution in [0.1, 0.15) is 41.7 Å². The smallest absolute Gasteiger partial charge is 0.254 e. The Morgan fingerprint density at radius 1 is 0.978 bits per heavy atom. The molecule has 3 atom stereocenters. The molecule has 8 heteroatoms. The quantitative estimate of drug-likeness (QED) is 0.227. The fourth-order valence-corrected chi connectivity index (χ4v) is 8.14. The van der Waals surface area contributed by atoms with Crippen LogP contribution < -0.4 is 10.5 Å². The molecule has 8 nitrogen and oxygen atoms in total. The van der Waals surface area contributed by atoms with Crippen molar-refractivity contribution in [1.82, 2.24) is 24.0 Å². The topological polar surface area (TPSA) is 91.2 Å². The predicted octanol–water partition coefficient (Wildman–Crippen LogP) is 6.70. The molecular weight excluding hydrogens is 572 g/mol. The molecular formula is C38H38N6O2. The van der Waals surface area contributed by atoms with Gasteiger partial charge in [0.25, 0.3) is 5.91 Å². The van der Waals surface area contributed by atoms with Gasteiger partial charge in [0.1, 0.15) is 11.3 Å². The van der Waals surface area contributed by atoms with Crippen LogP contribution in [-0.4, -0.2) is 55.6 Å². The van der Waals surface area contributed by atoms with E-state index in [2.05, 4.69) is 63.7 Å². The highest BCUT2D eigenvalue weighted by Crippen LogP contribution is 2.41. The number of piperidine rings is 1. The number of rotatable bonds is 6. The number of likely N-dealkylation sites (tertiary alicyclic amines) is 1. The number of aryl methyl sites for hydroxylation is 2. The zero-order valence-electron chi connectivity index (χ0n) is 26.5. The van der Waals surface area contributed by atoms with Crippen LogP contribution in [0.4, 0.5) is 0 Å². The van der Waals surface area contributed by atoms with E-state index in [4.69, 9.17) is 20.4 Å². The van der Waals surface area contributed by atoms with Crippen molar-refractivity contribution in [1.29, 1.82) is 0 Å². The van der Waals surface area contributed by atoms with Crippen molar-refractivity contribution in [3.8, 4) is 28.4 Å². The molecule has 4 heterocycles. The number of imidazole rings is 1. The number of fused-ring (bicyclic) bond motifs is 5. The number of nitrogens with two attached hydrogens (primary N) is 1. The SMILES string of the molecule is COc1cc(C(=O)N2CC3CCC2[C@@H]3N)cc2nc(-c3cc4ccc(-c5cccc6nc(C)ccc56)cc4n3CC3CC3)n(C)c12. The summed E-state index contributed by atoms with van der Waals surface area (Å²) in [6.45, 7) is 3.71. The highest BCUT2D eigenvalue weighted by Gasteiger charge is 2.47. The summed E-state index contributed by atoms with van der Waals surface area (Å²) in [5.74, 6) is 2.60. The Labute approximate surface area is 267 Å². The molecule has 3 aromatic carbocycles. The van der Waals surface area contributed by atoms with Crippen LogP contribution in [0.5, 0.6) is 5.75 Å². The largest absolute Gasteiger partial charge is 0.494 e. The van der Waals surface area contributed by atoms with Gasteiger partial charge in [0.2, 0.25) is 0 Å². The van der Waals surface area contributed by atoms with Crippen LogP contribution in [0, 0.1) is 18.8 Å². The van der Waals surface area contributed by atoms with E-state index in [9.17, 15) is 4.79 Å². The number of carbonyl (C=O) groups excluding carboxylic acids is 1. The number of amides is 1. The van der Waals surface area contributed by atoms with Crippen LogP contribution in [-0.2, 0) is 13.6 Å². The minimum atomic E-state index is 0.0178. The van der Waals surface area contributed by atoms with Gasteiger partial charge in [0.05, 0.1) is 23.8 Å². The molecule has 0 spiro atoms. The zero-order valence-corrected chi connectivity index (χ0v) is 26.5. The summed E-state index contributed by atoms with van der Waals surface area (Å²) in [7, 11) is 3.71. The number of nitrogens with zero attached hydrogens (tertiary/aromatic N) is 5. The number of hydrogen-bond acceptors (Lipinski definition) is 5. The van der Waals surface area contributed by atoms with Gasteiger partial charge in [-0.15, -0.1) is 0 Å². The molecule has 0 radical (unpaired) electrons. The van der Waals surface area contributed by atoms with Crippen molar-refractivity contribution in [2.45, 2.75) is 51.2 Å². The molecule has 46 heavy (non-hydrogen) atoms. The monoisotopic (exact) mass is 610 g/mol. The summed E-state index contributed by atoms with van der Waals surface area (Å²) >= 11 is 0. The lowest BCUT2D eigenvalue weighted by molar-refractivity contribution is 0.0700. The minimum absolute atomic E-state index is 0.0178. The number of ether oxygens (including phenoxy) is 1. The van der Waals surface area contributed by atoms with Crippen molar-refractivity contribution < 1.29 is 9.53 Å². The van der Waals surface area contributed by atoms with Crippen molar-refractivity contribution in [3.63, 3.8) is 0 Å². The second-order valence-corrected chi connectivity index (χ2v) is 13.7. The maximum absolute atomic E-state index is 13.8. The maximum atomic E-state index is 13.8. The highest BCUT2D eigenvalue weighted by atomic mass is 16.5. The third kappa shape index (κ3) is 4.19. The van der Waals surface area contributed by atoms with E-state index in [1.807, 2.05) is 31.0 Å². The molecule has 1 saturated heterocycles. The summed E-state index contributed by atoms with van der Waals surface area (Å²) in [5, 5.41) is 2.34. The molecule has 2 aliphatic carbocycles. The molecule has 6 aromatic rings. The summed E-state index contributed by atoms with van der Waals surface area (Å²) in [4.78, 5) is 25.7. The predicted molar refractivity (Wildman–Crippen MR) is 182 cm³/mol. The van der Waals surface area contributed by atoms with E-state index < -0.39 is 0 Å². The Balaban J connectivity index is 1.17. The third-order valence-electron chi connectivity index (χ3n) is 10.8. The third-order valence-corrected chi connectivity index (χ3v) is 10.8. The molecule has 2 N–H and O–H groups in total. The average Bonchev–Trinajstić information content (AvgIpc) is 3.47. The fourth-order valence-electron chi connectivity index (χ4n) is 8.14. The maximum Gasteiger partial charge on any atom is 0.254 e. The van der Waals surface area contributed by atoms with E-state index in [-0.39, 0.29) is 18.0 Å². The first kappa shape index (κ1) is 27.6. The first-order valence-electron chi connectivity index (χ1n) is 16.5. The molecule has 3 aromatic heterocycles. The Bertz CT molecular complexity index is 2210. The molecule has 2 saturated carbocycles. The lowest BCUT2D eigenvalue weighted by atomic mass is 9.99. The van der Waals surface area contributed by atoms with Gasteiger partial charge in [-0.2, -0.15) is 0 Å². The molecule has 1 amide bonds. The van der Waals surface area contributed by atoms with Crippen LogP contribution >= 0.6 is 0 Å². The fraction of sp³-hybridized carbons (Fsp3) is 0.342. The van der Waals surface area contributed by atoms with Gasteiger partial charge in [0.15, 0.2) is 5.82 Å². The molecule has 232 valence electrons. The molecule has 3 aliphatic rings. The van der Waals surface area contributed by atoms with E-state index in [0.717, 1.165) is 65.1 Å². The van der Waals surface area contributed by atoms with E-state index in [1.54, 1.807) is 7.11 Å². The summed E-state index contributed by atoms with van der Waals surface area (Å²) in [6.07, 6.45) is 4.58. The number of pyridine rings is 1. The Kier molecular flexibility index (Phi) is 6.10. The zero-order chi connectivity index (χ0) is 31.3. The lowest BCUT2D eigenvalue weighted by Crippen LogP contribution is -2.41. The normalized spacial score (nSPS) is 20.9. The van der Waals surface area contributed by atoms with Crippen molar-refractivity contribution >= 4 is 38.7 Å². The minimum Gasteiger partial charge on any atom is -0.494 e. The Hall–Kier alpha value is -4.69. The standard InChI is InChI=1S/C38H38N6O2/c1-21-7-13-28-27(5-4-6-29(28)40-21)23-10-11-24-17-33(43(32(24)16-23)19-22-8-9-22)37-41-30-15-26(18-34(46-3)36(30)42(37)2)38(45)44-20-25-12-14-31(44)35(25)39/h4-7,10-11,13,15-18,22,25,31,35H,8-9,12,14,19-20,39H2,1-3H3/t25?,31?,35-/m1/s1. The van der Waals surface area contributed by atoms with Crippen molar-refractivity contribution in [2.24, 2.45) is 24.6 Å². The van der Waals surface area contributed by atoms with Crippen molar-refractivity contribution in [2.75, 3.05) is 13.7 Å². The highest BCUT2D eigenvalue weighted by molar-refractivity contribution is 6.01. The van der Waals surface area contributed by atoms with Gasteiger partial charge >= 0.3 is 0 Å². The number of hydrogen-bond donors (Lipinski definition) is 1. The number of carbonyl (C=O) groups is 1. The first-order valence-corrected chi connectivity index (χ1v) is 16.5. The van der Waals surface area contributed by atoms with Gasteiger partial charge in [0, 0.05) is 59.8 Å². The second kappa shape index (κ2) is 10.2. The van der Waals surface area contributed by atoms with Crippen LogP contribution in [0.3, 0.4) is 0 Å². The molecule has 9 rings (SSSR count). The van der Waals surface area contributed by atoms with Gasteiger partial charge in [-0.3, -0.25) is 9.78 Å². The molecule has 1 aliphatic heterocycles. The van der Waals surface area contributed by atoms with Crippen molar-refractivity contribution in [3.05, 3.63) is 78.0 Å². The Morgan fingerprint density at radius 2 is 1.85 bits per heavy atom. The van der Waals surface area contributed by atoms with E-state index in [0.29, 0.717) is 23.1 Å². The summed E-state index contributed by atoms with van der Waals surface area (Å²) in [6, 6.07) is 23.7. The van der Waals surface area contributed by atoms with E-state index >= 15 is 0 Å². The molecule has 3 fully saturated rings.